The second kappa shape index (κ2) is 8.60. The van der Waals surface area contributed by atoms with Crippen LogP contribution in [0, 0.1) is 10.1 Å². The Bertz CT molecular complexity index is 1040. The maximum Gasteiger partial charge on any atom is 0.412 e. The van der Waals surface area contributed by atoms with Crippen molar-refractivity contribution in [2.24, 2.45) is 0 Å². The van der Waals surface area contributed by atoms with Crippen LogP contribution in [0.1, 0.15) is 20.8 Å². The van der Waals surface area contributed by atoms with E-state index < -0.39 is 16.6 Å². The van der Waals surface area contributed by atoms with E-state index in [0.717, 1.165) is 5.56 Å². The molecule has 0 atom stereocenters. The number of ether oxygens (including phenoxy) is 1. The SMILES string of the molecule is CC(C)(C)OC(=O)Nc1ccc(Nc2nc(-c3ccccc3)ccc2[N+](=O)[O-])cc1. The molecule has 0 fully saturated rings. The van der Waals surface area contributed by atoms with Gasteiger partial charge in [0, 0.05) is 23.0 Å². The van der Waals surface area contributed by atoms with Crippen molar-refractivity contribution in [3.8, 4) is 11.3 Å². The summed E-state index contributed by atoms with van der Waals surface area (Å²) in [7, 11) is 0. The summed E-state index contributed by atoms with van der Waals surface area (Å²) in [5, 5.41) is 17.0. The van der Waals surface area contributed by atoms with Crippen molar-refractivity contribution >= 4 is 29.0 Å². The van der Waals surface area contributed by atoms with E-state index in [1.54, 1.807) is 51.1 Å². The topological polar surface area (TPSA) is 106 Å². The summed E-state index contributed by atoms with van der Waals surface area (Å²) in [5.41, 5.74) is 1.87. The number of nitrogens with zero attached hydrogens (tertiary/aromatic N) is 2. The maximum atomic E-state index is 11.9. The Morgan fingerprint density at radius 1 is 0.967 bits per heavy atom. The lowest BCUT2D eigenvalue weighted by atomic mass is 10.1. The van der Waals surface area contributed by atoms with Gasteiger partial charge >= 0.3 is 11.8 Å². The number of carbonyl (C=O) groups is 1. The molecule has 1 amide bonds. The number of hydrogen-bond donors (Lipinski definition) is 2. The highest BCUT2D eigenvalue weighted by Crippen LogP contribution is 2.29. The summed E-state index contributed by atoms with van der Waals surface area (Å²) in [6.45, 7) is 5.34. The number of carbonyl (C=O) groups excluding carboxylic acids is 1. The second-order valence-corrected chi connectivity index (χ2v) is 7.52. The summed E-state index contributed by atoms with van der Waals surface area (Å²) in [6.07, 6.45) is -0.559. The van der Waals surface area contributed by atoms with Crippen molar-refractivity contribution in [1.82, 2.24) is 4.98 Å². The van der Waals surface area contributed by atoms with E-state index in [-0.39, 0.29) is 11.5 Å². The maximum absolute atomic E-state index is 11.9. The lowest BCUT2D eigenvalue weighted by molar-refractivity contribution is -0.384. The molecule has 8 nitrogen and oxygen atoms in total. The van der Waals surface area contributed by atoms with E-state index in [9.17, 15) is 14.9 Å². The summed E-state index contributed by atoms with van der Waals surface area (Å²) in [4.78, 5) is 27.2. The van der Waals surface area contributed by atoms with Crippen molar-refractivity contribution in [3.05, 3.63) is 76.8 Å². The fourth-order valence-electron chi connectivity index (χ4n) is 2.66. The third kappa shape index (κ3) is 5.54. The van der Waals surface area contributed by atoms with E-state index in [1.165, 1.54) is 6.07 Å². The molecular formula is C22H22N4O4. The highest BCUT2D eigenvalue weighted by molar-refractivity contribution is 5.85. The van der Waals surface area contributed by atoms with Gasteiger partial charge in [-0.2, -0.15) is 0 Å². The van der Waals surface area contributed by atoms with Crippen LogP contribution in [0.4, 0.5) is 27.7 Å². The number of hydrogen-bond acceptors (Lipinski definition) is 6. The molecule has 0 aliphatic carbocycles. The molecule has 1 heterocycles. The number of amides is 1. The fraction of sp³-hybridized carbons (Fsp3) is 0.182. The Hall–Kier alpha value is -3.94. The van der Waals surface area contributed by atoms with Crippen LogP contribution in [-0.4, -0.2) is 21.6 Å². The third-order valence-electron chi connectivity index (χ3n) is 3.93. The first-order valence-corrected chi connectivity index (χ1v) is 9.29. The van der Waals surface area contributed by atoms with Gasteiger partial charge in [0.15, 0.2) is 0 Å². The first-order chi connectivity index (χ1) is 14.2. The minimum atomic E-state index is -0.597. The lowest BCUT2D eigenvalue weighted by Gasteiger charge is -2.19. The normalized spacial score (nSPS) is 10.9. The zero-order valence-electron chi connectivity index (χ0n) is 16.9. The molecule has 0 radical (unpaired) electrons. The Balaban J connectivity index is 1.79. The number of aromatic nitrogens is 1. The molecule has 0 saturated carbocycles. The van der Waals surface area contributed by atoms with Crippen LogP contribution < -0.4 is 10.6 Å². The third-order valence-corrected chi connectivity index (χ3v) is 3.93. The van der Waals surface area contributed by atoms with Gasteiger partial charge in [-0.25, -0.2) is 9.78 Å². The Morgan fingerprint density at radius 3 is 2.20 bits per heavy atom. The van der Waals surface area contributed by atoms with Crippen molar-refractivity contribution in [1.29, 1.82) is 0 Å². The molecule has 0 spiro atoms. The molecule has 2 N–H and O–H groups in total. The van der Waals surface area contributed by atoms with Crippen molar-refractivity contribution in [2.75, 3.05) is 10.6 Å². The summed E-state index contributed by atoms with van der Waals surface area (Å²) < 4.78 is 5.21. The van der Waals surface area contributed by atoms with Gasteiger partial charge in [-0.3, -0.25) is 15.4 Å². The van der Waals surface area contributed by atoms with Gasteiger partial charge in [0.1, 0.15) is 5.60 Å². The Morgan fingerprint density at radius 2 is 1.60 bits per heavy atom. The van der Waals surface area contributed by atoms with Crippen molar-refractivity contribution < 1.29 is 14.5 Å². The van der Waals surface area contributed by atoms with Gasteiger partial charge in [0.25, 0.3) is 0 Å². The standard InChI is InChI=1S/C22H22N4O4/c1-22(2,3)30-21(27)24-17-11-9-16(10-12-17)23-20-19(26(28)29)14-13-18(25-20)15-7-5-4-6-8-15/h4-14H,1-3H3,(H,23,25)(H,24,27). The zero-order valence-corrected chi connectivity index (χ0v) is 16.9. The molecule has 0 aliphatic rings. The van der Waals surface area contributed by atoms with Crippen LogP contribution in [-0.2, 0) is 4.74 Å². The van der Waals surface area contributed by atoms with E-state index in [2.05, 4.69) is 15.6 Å². The van der Waals surface area contributed by atoms with Crippen LogP contribution in [0.15, 0.2) is 66.7 Å². The van der Waals surface area contributed by atoms with Gasteiger partial charge in [-0.05, 0) is 51.1 Å². The zero-order chi connectivity index (χ0) is 21.7. The van der Waals surface area contributed by atoms with Crippen LogP contribution >= 0.6 is 0 Å². The first kappa shape index (κ1) is 20.8. The van der Waals surface area contributed by atoms with E-state index in [4.69, 9.17) is 4.74 Å². The van der Waals surface area contributed by atoms with Crippen LogP contribution in [0.5, 0.6) is 0 Å². The van der Waals surface area contributed by atoms with Crippen LogP contribution in [0.2, 0.25) is 0 Å². The van der Waals surface area contributed by atoms with Crippen LogP contribution in [0.25, 0.3) is 11.3 Å². The molecule has 0 aliphatic heterocycles. The van der Waals surface area contributed by atoms with Gasteiger partial charge in [0.05, 0.1) is 10.6 Å². The number of nitro groups is 1. The molecule has 0 saturated heterocycles. The van der Waals surface area contributed by atoms with Gasteiger partial charge in [-0.15, -0.1) is 0 Å². The summed E-state index contributed by atoms with van der Waals surface area (Å²) >= 11 is 0. The Kier molecular flexibility index (Phi) is 5.96. The first-order valence-electron chi connectivity index (χ1n) is 9.29. The highest BCUT2D eigenvalue weighted by Gasteiger charge is 2.18. The van der Waals surface area contributed by atoms with E-state index in [1.807, 2.05) is 30.3 Å². The lowest BCUT2D eigenvalue weighted by Crippen LogP contribution is -2.27. The molecule has 3 rings (SSSR count). The van der Waals surface area contributed by atoms with E-state index >= 15 is 0 Å². The number of benzene rings is 2. The minimum Gasteiger partial charge on any atom is -0.444 e. The number of nitrogens with one attached hydrogen (secondary N) is 2. The quantitative estimate of drug-likeness (QED) is 0.413. The molecule has 8 heteroatoms. The molecule has 30 heavy (non-hydrogen) atoms. The molecule has 2 aromatic carbocycles. The smallest absolute Gasteiger partial charge is 0.412 e. The van der Waals surface area contributed by atoms with E-state index in [0.29, 0.717) is 17.1 Å². The number of rotatable bonds is 5. The molecule has 0 bridgehead atoms. The monoisotopic (exact) mass is 406 g/mol. The molecule has 3 aromatic rings. The molecule has 0 unspecified atom stereocenters. The van der Waals surface area contributed by atoms with Gasteiger partial charge in [0.2, 0.25) is 5.82 Å². The Labute approximate surface area is 174 Å². The molecule has 1 aromatic heterocycles. The largest absolute Gasteiger partial charge is 0.444 e. The average Bonchev–Trinajstić information content (AvgIpc) is 2.68. The predicted octanol–water partition coefficient (Wildman–Crippen LogP) is 5.75. The number of anilines is 3. The van der Waals surface area contributed by atoms with Crippen LogP contribution in [0.3, 0.4) is 0 Å². The molecular weight excluding hydrogens is 384 g/mol. The average molecular weight is 406 g/mol. The molecule has 154 valence electrons. The van der Waals surface area contributed by atoms with Crippen molar-refractivity contribution in [2.45, 2.75) is 26.4 Å². The minimum absolute atomic E-state index is 0.134. The van der Waals surface area contributed by atoms with Crippen molar-refractivity contribution in [3.63, 3.8) is 0 Å². The summed E-state index contributed by atoms with van der Waals surface area (Å²) in [5.74, 6) is 0.134. The van der Waals surface area contributed by atoms with Gasteiger partial charge in [-0.1, -0.05) is 30.3 Å². The second-order valence-electron chi connectivity index (χ2n) is 7.52. The number of pyridine rings is 1. The predicted molar refractivity (Wildman–Crippen MR) is 116 cm³/mol. The van der Waals surface area contributed by atoms with Gasteiger partial charge < -0.3 is 10.1 Å². The fourth-order valence-corrected chi connectivity index (χ4v) is 2.66. The highest BCUT2D eigenvalue weighted by atomic mass is 16.6. The summed E-state index contributed by atoms with van der Waals surface area (Å²) in [6, 6.07) is 19.2.